The zero-order valence-corrected chi connectivity index (χ0v) is 7.40. The van der Waals surface area contributed by atoms with Gasteiger partial charge in [0.2, 0.25) is 0 Å². The van der Waals surface area contributed by atoms with Crippen LogP contribution in [0.5, 0.6) is 0 Å². The fraction of sp³-hybridized carbons (Fsp3) is 0.375. The maximum Gasteiger partial charge on any atom is 0.123 e. The van der Waals surface area contributed by atoms with Gasteiger partial charge >= 0.3 is 0 Å². The first kappa shape index (κ1) is 10.2. The molecule has 2 N–H and O–H groups in total. The van der Waals surface area contributed by atoms with Crippen LogP contribution in [-0.4, -0.2) is 4.98 Å². The predicted octanol–water partition coefficient (Wildman–Crippen LogP) is 2.04. The molecule has 0 unspecified atom stereocenters. The molecule has 0 saturated carbocycles. The summed E-state index contributed by atoms with van der Waals surface area (Å²) in [5, 5.41) is 0. The van der Waals surface area contributed by atoms with E-state index < -0.39 is 0 Å². The lowest BCUT2D eigenvalue weighted by Gasteiger charge is -1.97. The highest BCUT2D eigenvalue weighted by atomic mass is 35.5. The molecule has 0 aliphatic heterocycles. The molecule has 1 aromatic rings. The third kappa shape index (κ3) is 3.23. The molecule has 0 atom stereocenters. The molecule has 11 heavy (non-hydrogen) atoms. The van der Waals surface area contributed by atoms with Crippen molar-refractivity contribution in [2.75, 3.05) is 5.73 Å². The standard InChI is InChI=1S/C8H12N2.ClH/c1-2-3-7-4-5-10-8(9)6-7;/h4-6H,2-3H2,1H3,(H2,9,10);1H. The Morgan fingerprint density at radius 3 is 2.82 bits per heavy atom. The molecule has 3 heteroatoms. The van der Waals surface area contributed by atoms with E-state index in [9.17, 15) is 0 Å². The van der Waals surface area contributed by atoms with Crippen LogP contribution in [0.3, 0.4) is 0 Å². The minimum Gasteiger partial charge on any atom is -0.384 e. The number of hydrogen-bond acceptors (Lipinski definition) is 2. The number of hydrogen-bond donors (Lipinski definition) is 1. The lowest BCUT2D eigenvalue weighted by Crippen LogP contribution is -1.91. The predicted molar refractivity (Wildman–Crippen MR) is 49.9 cm³/mol. The minimum absolute atomic E-state index is 0. The largest absolute Gasteiger partial charge is 0.384 e. The van der Waals surface area contributed by atoms with Gasteiger partial charge in [0.15, 0.2) is 0 Å². The normalized spacial score (nSPS) is 8.82. The Morgan fingerprint density at radius 2 is 2.27 bits per heavy atom. The monoisotopic (exact) mass is 172 g/mol. The quantitative estimate of drug-likeness (QED) is 0.742. The summed E-state index contributed by atoms with van der Waals surface area (Å²) in [6.07, 6.45) is 4.00. The smallest absolute Gasteiger partial charge is 0.123 e. The van der Waals surface area contributed by atoms with E-state index in [4.69, 9.17) is 5.73 Å². The van der Waals surface area contributed by atoms with E-state index in [2.05, 4.69) is 11.9 Å². The maximum atomic E-state index is 5.48. The number of aryl methyl sites for hydroxylation is 1. The van der Waals surface area contributed by atoms with E-state index in [1.165, 1.54) is 5.56 Å². The summed E-state index contributed by atoms with van der Waals surface area (Å²) in [7, 11) is 0. The van der Waals surface area contributed by atoms with Crippen LogP contribution < -0.4 is 5.73 Å². The molecule has 0 spiro atoms. The van der Waals surface area contributed by atoms with E-state index in [0.29, 0.717) is 5.82 Å². The molecular weight excluding hydrogens is 160 g/mol. The van der Waals surface area contributed by atoms with Crippen LogP contribution in [0, 0.1) is 0 Å². The zero-order chi connectivity index (χ0) is 7.40. The van der Waals surface area contributed by atoms with Crippen molar-refractivity contribution in [2.45, 2.75) is 19.8 Å². The first-order valence-corrected chi connectivity index (χ1v) is 3.53. The maximum absolute atomic E-state index is 5.48. The fourth-order valence-electron chi connectivity index (χ4n) is 0.939. The number of pyridine rings is 1. The van der Waals surface area contributed by atoms with Crippen molar-refractivity contribution in [2.24, 2.45) is 0 Å². The van der Waals surface area contributed by atoms with Crippen molar-refractivity contribution < 1.29 is 0 Å². The van der Waals surface area contributed by atoms with E-state index in [1.807, 2.05) is 12.1 Å². The molecule has 0 radical (unpaired) electrons. The molecule has 1 aromatic heterocycles. The third-order valence-corrected chi connectivity index (χ3v) is 1.38. The highest BCUT2D eigenvalue weighted by molar-refractivity contribution is 5.85. The second-order valence-electron chi connectivity index (χ2n) is 2.34. The van der Waals surface area contributed by atoms with Gasteiger partial charge in [-0.3, -0.25) is 0 Å². The lowest BCUT2D eigenvalue weighted by molar-refractivity contribution is 0.919. The van der Waals surface area contributed by atoms with Gasteiger partial charge in [-0.15, -0.1) is 12.4 Å². The van der Waals surface area contributed by atoms with Gasteiger partial charge in [0.25, 0.3) is 0 Å². The van der Waals surface area contributed by atoms with Crippen molar-refractivity contribution in [1.29, 1.82) is 0 Å². The van der Waals surface area contributed by atoms with Crippen molar-refractivity contribution in [3.05, 3.63) is 23.9 Å². The van der Waals surface area contributed by atoms with E-state index in [0.717, 1.165) is 12.8 Å². The van der Waals surface area contributed by atoms with Crippen LogP contribution >= 0.6 is 12.4 Å². The highest BCUT2D eigenvalue weighted by Crippen LogP contribution is 2.04. The summed E-state index contributed by atoms with van der Waals surface area (Å²) in [5.41, 5.74) is 6.75. The Kier molecular flexibility index (Phi) is 4.62. The van der Waals surface area contributed by atoms with Crippen LogP contribution in [0.2, 0.25) is 0 Å². The third-order valence-electron chi connectivity index (χ3n) is 1.38. The summed E-state index contributed by atoms with van der Waals surface area (Å²) in [6.45, 7) is 2.15. The summed E-state index contributed by atoms with van der Waals surface area (Å²) in [4.78, 5) is 3.90. The fourth-order valence-corrected chi connectivity index (χ4v) is 0.939. The Morgan fingerprint density at radius 1 is 1.55 bits per heavy atom. The van der Waals surface area contributed by atoms with Gasteiger partial charge in [0.05, 0.1) is 0 Å². The van der Waals surface area contributed by atoms with Crippen molar-refractivity contribution in [1.82, 2.24) is 4.98 Å². The second-order valence-corrected chi connectivity index (χ2v) is 2.34. The number of rotatable bonds is 2. The van der Waals surface area contributed by atoms with E-state index >= 15 is 0 Å². The number of nitrogens with zero attached hydrogens (tertiary/aromatic N) is 1. The van der Waals surface area contributed by atoms with Gasteiger partial charge in [-0.25, -0.2) is 4.98 Å². The molecule has 0 amide bonds. The lowest BCUT2D eigenvalue weighted by atomic mass is 10.1. The number of halogens is 1. The van der Waals surface area contributed by atoms with Gasteiger partial charge < -0.3 is 5.73 Å². The first-order chi connectivity index (χ1) is 4.83. The van der Waals surface area contributed by atoms with Crippen LogP contribution in [0.25, 0.3) is 0 Å². The van der Waals surface area contributed by atoms with Crippen LogP contribution in [-0.2, 0) is 6.42 Å². The number of nitrogens with two attached hydrogens (primary N) is 1. The topological polar surface area (TPSA) is 38.9 Å². The second kappa shape index (κ2) is 4.97. The van der Waals surface area contributed by atoms with Gasteiger partial charge in [-0.05, 0) is 24.1 Å². The highest BCUT2D eigenvalue weighted by Gasteiger charge is 1.90. The summed E-state index contributed by atoms with van der Waals surface area (Å²) >= 11 is 0. The SMILES string of the molecule is CCCc1ccnc(N)c1.Cl. The van der Waals surface area contributed by atoms with E-state index in [1.54, 1.807) is 6.20 Å². The zero-order valence-electron chi connectivity index (χ0n) is 6.58. The molecule has 0 aromatic carbocycles. The Bertz CT molecular complexity index is 213. The summed E-state index contributed by atoms with van der Waals surface area (Å²) < 4.78 is 0. The number of nitrogen functional groups attached to an aromatic ring is 1. The summed E-state index contributed by atoms with van der Waals surface area (Å²) in [6, 6.07) is 3.92. The minimum atomic E-state index is 0. The molecule has 0 aliphatic rings. The molecule has 0 fully saturated rings. The molecular formula is C8H13ClN2. The molecule has 62 valence electrons. The average Bonchev–Trinajstić information content (AvgIpc) is 1.88. The molecule has 0 saturated heterocycles. The molecule has 2 nitrogen and oxygen atoms in total. The van der Waals surface area contributed by atoms with Crippen molar-refractivity contribution in [3.8, 4) is 0 Å². The summed E-state index contributed by atoms with van der Waals surface area (Å²) in [5.74, 6) is 0.617. The van der Waals surface area contributed by atoms with Crippen LogP contribution in [0.1, 0.15) is 18.9 Å². The van der Waals surface area contributed by atoms with Crippen LogP contribution in [0.15, 0.2) is 18.3 Å². The van der Waals surface area contributed by atoms with Gasteiger partial charge in [-0.1, -0.05) is 13.3 Å². The Hall–Kier alpha value is -0.760. The average molecular weight is 173 g/mol. The number of aromatic nitrogens is 1. The van der Waals surface area contributed by atoms with Crippen molar-refractivity contribution in [3.63, 3.8) is 0 Å². The van der Waals surface area contributed by atoms with E-state index in [-0.39, 0.29) is 12.4 Å². The number of anilines is 1. The van der Waals surface area contributed by atoms with Gasteiger partial charge in [-0.2, -0.15) is 0 Å². The molecule has 1 heterocycles. The molecule has 0 aliphatic carbocycles. The van der Waals surface area contributed by atoms with Crippen LogP contribution in [0.4, 0.5) is 5.82 Å². The van der Waals surface area contributed by atoms with Gasteiger partial charge in [0, 0.05) is 6.20 Å². The Labute approximate surface area is 73.2 Å². The van der Waals surface area contributed by atoms with Crippen molar-refractivity contribution >= 4 is 18.2 Å². The molecule has 0 bridgehead atoms. The Balaban J connectivity index is 0.000001000. The first-order valence-electron chi connectivity index (χ1n) is 3.53. The van der Waals surface area contributed by atoms with Gasteiger partial charge in [0.1, 0.15) is 5.82 Å². The molecule has 1 rings (SSSR count).